The largest absolute Gasteiger partial charge is 0.497 e. The molecule has 0 N–H and O–H groups in total. The summed E-state index contributed by atoms with van der Waals surface area (Å²) in [5.41, 5.74) is 1.23. The van der Waals surface area contributed by atoms with Crippen molar-refractivity contribution >= 4 is 11.7 Å². The number of amides is 1. The first kappa shape index (κ1) is 18.0. The van der Waals surface area contributed by atoms with E-state index in [0.717, 1.165) is 5.56 Å². The molecule has 2 aromatic rings. The third-order valence-electron chi connectivity index (χ3n) is 4.85. The summed E-state index contributed by atoms with van der Waals surface area (Å²) in [7, 11) is 3.11. The van der Waals surface area contributed by atoms with E-state index in [1.807, 2.05) is 30.3 Å². The van der Waals surface area contributed by atoms with E-state index in [9.17, 15) is 9.59 Å². The Morgan fingerprint density at radius 3 is 2.27 bits per heavy atom. The average Bonchev–Trinajstić information content (AvgIpc) is 2.73. The Bertz CT molecular complexity index is 780. The highest BCUT2D eigenvalue weighted by Crippen LogP contribution is 2.28. The number of carbonyl (C=O) groups excluding carboxylic acids is 2. The quantitative estimate of drug-likeness (QED) is 0.773. The van der Waals surface area contributed by atoms with Gasteiger partial charge in [-0.1, -0.05) is 30.3 Å². The molecule has 0 saturated carbocycles. The van der Waals surface area contributed by atoms with Crippen molar-refractivity contribution in [3.8, 4) is 11.5 Å². The Balaban J connectivity index is 1.68. The molecular formula is C21H23NO4. The fraction of sp³-hybridized carbons (Fsp3) is 0.333. The van der Waals surface area contributed by atoms with Gasteiger partial charge in [-0.15, -0.1) is 0 Å². The van der Waals surface area contributed by atoms with Gasteiger partial charge >= 0.3 is 0 Å². The van der Waals surface area contributed by atoms with E-state index < -0.39 is 0 Å². The minimum Gasteiger partial charge on any atom is -0.497 e. The maximum Gasteiger partial charge on any atom is 0.257 e. The predicted molar refractivity (Wildman–Crippen MR) is 98.9 cm³/mol. The van der Waals surface area contributed by atoms with Gasteiger partial charge in [-0.25, -0.2) is 0 Å². The topological polar surface area (TPSA) is 55.8 Å². The molecule has 0 bridgehead atoms. The fourth-order valence-corrected chi connectivity index (χ4v) is 3.33. The lowest BCUT2D eigenvalue weighted by Crippen LogP contribution is -2.40. The molecule has 1 saturated heterocycles. The SMILES string of the molecule is COc1ccc(OC)c(C(=O)N2CCC(C(=O)c3ccccc3)CC2)c1. The van der Waals surface area contributed by atoms with Crippen LogP contribution in [0.1, 0.15) is 33.6 Å². The maximum absolute atomic E-state index is 12.9. The normalized spacial score (nSPS) is 14.8. The molecule has 0 aliphatic carbocycles. The van der Waals surface area contributed by atoms with Crippen LogP contribution in [0.25, 0.3) is 0 Å². The Morgan fingerprint density at radius 2 is 1.65 bits per heavy atom. The zero-order valence-corrected chi connectivity index (χ0v) is 15.1. The van der Waals surface area contributed by atoms with Crippen LogP contribution in [0, 0.1) is 5.92 Å². The first-order chi connectivity index (χ1) is 12.6. The minimum atomic E-state index is -0.0913. The zero-order chi connectivity index (χ0) is 18.5. The average molecular weight is 353 g/mol. The number of Topliss-reactive ketones (excluding diaryl/α,β-unsaturated/α-hetero) is 1. The Hall–Kier alpha value is -2.82. The van der Waals surface area contributed by atoms with Crippen LogP contribution >= 0.6 is 0 Å². The molecule has 26 heavy (non-hydrogen) atoms. The zero-order valence-electron chi connectivity index (χ0n) is 15.1. The number of hydrogen-bond donors (Lipinski definition) is 0. The van der Waals surface area contributed by atoms with E-state index in [2.05, 4.69) is 0 Å². The fourth-order valence-electron chi connectivity index (χ4n) is 3.33. The second kappa shape index (κ2) is 8.04. The van der Waals surface area contributed by atoms with Gasteiger partial charge in [-0.05, 0) is 31.0 Å². The maximum atomic E-state index is 12.9. The van der Waals surface area contributed by atoms with Crippen LogP contribution in [0.4, 0.5) is 0 Å². The number of nitrogens with zero attached hydrogens (tertiary/aromatic N) is 1. The molecule has 1 fully saturated rings. The van der Waals surface area contributed by atoms with Gasteiger partial charge in [0.25, 0.3) is 5.91 Å². The number of benzene rings is 2. The van der Waals surface area contributed by atoms with Gasteiger partial charge in [-0.3, -0.25) is 9.59 Å². The molecule has 0 atom stereocenters. The molecule has 2 aromatic carbocycles. The molecule has 0 unspecified atom stereocenters. The van der Waals surface area contributed by atoms with E-state index in [0.29, 0.717) is 43.0 Å². The third-order valence-corrected chi connectivity index (χ3v) is 4.85. The molecule has 136 valence electrons. The standard InChI is InChI=1S/C21H23NO4/c1-25-17-8-9-19(26-2)18(14-17)21(24)22-12-10-16(11-13-22)20(23)15-6-4-3-5-7-15/h3-9,14,16H,10-13H2,1-2H3. The molecule has 1 amide bonds. The van der Waals surface area contributed by atoms with E-state index in [4.69, 9.17) is 9.47 Å². The lowest BCUT2D eigenvalue weighted by atomic mass is 9.88. The van der Waals surface area contributed by atoms with Gasteiger partial charge in [0, 0.05) is 24.6 Å². The molecule has 1 aliphatic heterocycles. The van der Waals surface area contributed by atoms with Crippen LogP contribution in [0.3, 0.4) is 0 Å². The molecule has 0 spiro atoms. The van der Waals surface area contributed by atoms with Gasteiger partial charge in [0.05, 0.1) is 19.8 Å². The molecular weight excluding hydrogens is 330 g/mol. The number of ether oxygens (including phenoxy) is 2. The Morgan fingerprint density at radius 1 is 0.962 bits per heavy atom. The number of likely N-dealkylation sites (tertiary alicyclic amines) is 1. The van der Waals surface area contributed by atoms with Crippen molar-refractivity contribution in [3.63, 3.8) is 0 Å². The first-order valence-electron chi connectivity index (χ1n) is 8.74. The lowest BCUT2D eigenvalue weighted by Gasteiger charge is -2.31. The summed E-state index contributed by atoms with van der Waals surface area (Å²) >= 11 is 0. The number of methoxy groups -OCH3 is 2. The van der Waals surface area contributed by atoms with Crippen molar-refractivity contribution in [2.75, 3.05) is 27.3 Å². The first-order valence-corrected chi connectivity index (χ1v) is 8.74. The van der Waals surface area contributed by atoms with Crippen LogP contribution in [-0.4, -0.2) is 43.9 Å². The summed E-state index contributed by atoms with van der Waals surface area (Å²) < 4.78 is 10.5. The number of hydrogen-bond acceptors (Lipinski definition) is 4. The highest BCUT2D eigenvalue weighted by molar-refractivity contribution is 5.99. The van der Waals surface area contributed by atoms with Crippen molar-refractivity contribution in [3.05, 3.63) is 59.7 Å². The summed E-state index contributed by atoms with van der Waals surface area (Å²) in [5.74, 6) is 1.18. The van der Waals surface area contributed by atoms with Crippen molar-refractivity contribution < 1.29 is 19.1 Å². The van der Waals surface area contributed by atoms with Crippen molar-refractivity contribution in [2.24, 2.45) is 5.92 Å². The second-order valence-electron chi connectivity index (χ2n) is 6.36. The third kappa shape index (κ3) is 3.72. The minimum absolute atomic E-state index is 0.0337. The highest BCUT2D eigenvalue weighted by atomic mass is 16.5. The van der Waals surface area contributed by atoms with Crippen molar-refractivity contribution in [1.82, 2.24) is 4.90 Å². The van der Waals surface area contributed by atoms with E-state index in [1.165, 1.54) is 0 Å². The number of ketones is 1. The predicted octanol–water partition coefficient (Wildman–Crippen LogP) is 3.44. The number of carbonyl (C=O) groups is 2. The van der Waals surface area contributed by atoms with Crippen LogP contribution < -0.4 is 9.47 Å². The lowest BCUT2D eigenvalue weighted by molar-refractivity contribution is 0.0647. The van der Waals surface area contributed by atoms with Crippen LogP contribution in [-0.2, 0) is 0 Å². The summed E-state index contributed by atoms with van der Waals surface area (Å²) in [6.07, 6.45) is 1.34. The van der Waals surface area contributed by atoms with Crippen LogP contribution in [0.15, 0.2) is 48.5 Å². The summed E-state index contributed by atoms with van der Waals surface area (Å²) in [5, 5.41) is 0. The van der Waals surface area contributed by atoms with Gasteiger partial charge in [0.2, 0.25) is 0 Å². The van der Waals surface area contributed by atoms with Gasteiger partial charge in [-0.2, -0.15) is 0 Å². The molecule has 5 nitrogen and oxygen atoms in total. The smallest absolute Gasteiger partial charge is 0.257 e. The number of piperidine rings is 1. The molecule has 3 rings (SSSR count). The van der Waals surface area contributed by atoms with Gasteiger partial charge in [0.1, 0.15) is 11.5 Å². The van der Waals surface area contributed by atoms with E-state index >= 15 is 0 Å². The Kier molecular flexibility index (Phi) is 5.56. The number of rotatable bonds is 5. The van der Waals surface area contributed by atoms with Crippen LogP contribution in [0.2, 0.25) is 0 Å². The van der Waals surface area contributed by atoms with Crippen molar-refractivity contribution in [1.29, 1.82) is 0 Å². The van der Waals surface area contributed by atoms with E-state index in [1.54, 1.807) is 37.3 Å². The summed E-state index contributed by atoms with van der Waals surface area (Å²) in [4.78, 5) is 27.3. The molecule has 5 heteroatoms. The van der Waals surface area contributed by atoms with E-state index in [-0.39, 0.29) is 17.6 Å². The molecule has 1 aliphatic rings. The Labute approximate surface area is 153 Å². The summed E-state index contributed by atoms with van der Waals surface area (Å²) in [6, 6.07) is 14.5. The van der Waals surface area contributed by atoms with Crippen LogP contribution in [0.5, 0.6) is 11.5 Å². The highest BCUT2D eigenvalue weighted by Gasteiger charge is 2.29. The second-order valence-corrected chi connectivity index (χ2v) is 6.36. The molecule has 1 heterocycles. The van der Waals surface area contributed by atoms with Gasteiger partial charge in [0.15, 0.2) is 5.78 Å². The molecule has 0 aromatic heterocycles. The van der Waals surface area contributed by atoms with Gasteiger partial charge < -0.3 is 14.4 Å². The molecule has 0 radical (unpaired) electrons. The van der Waals surface area contributed by atoms with Crippen molar-refractivity contribution in [2.45, 2.75) is 12.8 Å². The monoisotopic (exact) mass is 353 g/mol. The summed E-state index contributed by atoms with van der Waals surface area (Å²) in [6.45, 7) is 1.12.